The van der Waals surface area contributed by atoms with E-state index in [1.807, 2.05) is 20.0 Å². The van der Waals surface area contributed by atoms with Gasteiger partial charge in [-0.1, -0.05) is 13.8 Å². The highest BCUT2D eigenvalue weighted by atomic mass is 19.4. The summed E-state index contributed by atoms with van der Waals surface area (Å²) in [4.78, 5) is 4.79. The first-order chi connectivity index (χ1) is 13.7. The van der Waals surface area contributed by atoms with Crippen LogP contribution >= 0.6 is 0 Å². The van der Waals surface area contributed by atoms with Gasteiger partial charge in [-0.3, -0.25) is 4.68 Å². The monoisotopic (exact) mass is 407 g/mol. The Morgan fingerprint density at radius 1 is 1.14 bits per heavy atom. The Morgan fingerprint density at radius 3 is 2.41 bits per heavy atom. The highest BCUT2D eigenvalue weighted by Gasteiger charge is 2.31. The van der Waals surface area contributed by atoms with Crippen LogP contribution in [0.5, 0.6) is 11.5 Å². The summed E-state index contributed by atoms with van der Waals surface area (Å²) >= 11 is 0. The smallest absolute Gasteiger partial charge is 0.496 e. The maximum atomic E-state index is 12.5. The minimum atomic E-state index is -4.76. The number of rotatable bonds is 6. The van der Waals surface area contributed by atoms with Gasteiger partial charge >= 0.3 is 6.36 Å². The molecule has 0 N–H and O–H groups in total. The Morgan fingerprint density at radius 2 is 1.83 bits per heavy atom. The quantitative estimate of drug-likeness (QED) is 0.522. The van der Waals surface area contributed by atoms with E-state index in [1.54, 1.807) is 4.68 Å². The molecule has 8 heteroatoms. The SMILES string of the molecule is CCC(CC)c1nn(C)c2nc(-c3ccc(OC(F)(F)F)cc3OC)c(C)cc12. The molecule has 0 amide bonds. The Bertz CT molecular complexity index is 1020. The first-order valence-corrected chi connectivity index (χ1v) is 9.46. The lowest BCUT2D eigenvalue weighted by molar-refractivity contribution is -0.274. The van der Waals surface area contributed by atoms with Gasteiger partial charge in [0.1, 0.15) is 11.5 Å². The van der Waals surface area contributed by atoms with Crippen molar-refractivity contribution in [1.82, 2.24) is 14.8 Å². The van der Waals surface area contributed by atoms with E-state index >= 15 is 0 Å². The van der Waals surface area contributed by atoms with E-state index in [0.717, 1.165) is 35.1 Å². The third-order valence-electron chi connectivity index (χ3n) is 5.07. The van der Waals surface area contributed by atoms with Crippen LogP contribution in [0, 0.1) is 6.92 Å². The third kappa shape index (κ3) is 4.16. The number of methoxy groups -OCH3 is 1. The van der Waals surface area contributed by atoms with Gasteiger partial charge in [-0.2, -0.15) is 5.10 Å². The average Bonchev–Trinajstić information content (AvgIpc) is 2.96. The fourth-order valence-corrected chi connectivity index (χ4v) is 3.62. The zero-order chi connectivity index (χ0) is 21.3. The summed E-state index contributed by atoms with van der Waals surface area (Å²) in [7, 11) is 3.25. The van der Waals surface area contributed by atoms with Crippen LogP contribution < -0.4 is 9.47 Å². The summed E-state index contributed by atoms with van der Waals surface area (Å²) in [5, 5.41) is 5.68. The summed E-state index contributed by atoms with van der Waals surface area (Å²) in [6.45, 7) is 6.20. The molecule has 2 aromatic heterocycles. The molecule has 29 heavy (non-hydrogen) atoms. The zero-order valence-corrected chi connectivity index (χ0v) is 17.1. The van der Waals surface area contributed by atoms with Crippen molar-refractivity contribution in [2.45, 2.75) is 45.9 Å². The molecular weight excluding hydrogens is 383 g/mol. The van der Waals surface area contributed by atoms with Gasteiger partial charge in [-0.15, -0.1) is 13.2 Å². The number of aryl methyl sites for hydroxylation is 2. The summed E-state index contributed by atoms with van der Waals surface area (Å²) in [6, 6.07) is 6.04. The average molecular weight is 407 g/mol. The van der Waals surface area contributed by atoms with Crippen LogP contribution in [0.1, 0.15) is 43.9 Å². The van der Waals surface area contributed by atoms with Crippen molar-refractivity contribution in [3.8, 4) is 22.8 Å². The number of fused-ring (bicyclic) bond motifs is 1. The van der Waals surface area contributed by atoms with Gasteiger partial charge in [-0.25, -0.2) is 4.98 Å². The minimum Gasteiger partial charge on any atom is -0.496 e. The van der Waals surface area contributed by atoms with Crippen molar-refractivity contribution in [2.75, 3.05) is 7.11 Å². The Hall–Kier alpha value is -2.77. The fourth-order valence-electron chi connectivity index (χ4n) is 3.62. The second-order valence-corrected chi connectivity index (χ2v) is 6.96. The van der Waals surface area contributed by atoms with Crippen molar-refractivity contribution < 1.29 is 22.6 Å². The zero-order valence-electron chi connectivity index (χ0n) is 17.1. The maximum Gasteiger partial charge on any atom is 0.573 e. The van der Waals surface area contributed by atoms with E-state index in [0.29, 0.717) is 17.2 Å². The molecule has 0 atom stereocenters. The Balaban J connectivity index is 2.13. The molecule has 0 aliphatic rings. The van der Waals surface area contributed by atoms with Crippen LogP contribution in [0.15, 0.2) is 24.3 Å². The minimum absolute atomic E-state index is 0.254. The lowest BCUT2D eigenvalue weighted by Crippen LogP contribution is -2.17. The van der Waals surface area contributed by atoms with Crippen LogP contribution in [0.3, 0.4) is 0 Å². The molecule has 0 aliphatic heterocycles. The van der Waals surface area contributed by atoms with Crippen molar-refractivity contribution in [3.63, 3.8) is 0 Å². The lowest BCUT2D eigenvalue weighted by Gasteiger charge is -2.14. The Labute approximate surface area is 167 Å². The van der Waals surface area contributed by atoms with E-state index in [1.165, 1.54) is 25.3 Å². The van der Waals surface area contributed by atoms with Gasteiger partial charge < -0.3 is 9.47 Å². The van der Waals surface area contributed by atoms with Gasteiger partial charge in [0.25, 0.3) is 0 Å². The van der Waals surface area contributed by atoms with Crippen molar-refractivity contribution >= 4 is 11.0 Å². The number of halogens is 3. The summed E-state index contributed by atoms with van der Waals surface area (Å²) in [5.41, 5.74) is 3.86. The molecule has 0 saturated heterocycles. The largest absolute Gasteiger partial charge is 0.573 e. The number of benzene rings is 1. The number of alkyl halides is 3. The standard InChI is InChI=1S/C21H24F3N3O2/c1-6-13(7-2)19-16-10-12(3)18(25-20(16)27(4)26-19)15-9-8-14(11-17(15)28-5)29-21(22,23)24/h8-11,13H,6-7H2,1-5H3. The highest BCUT2D eigenvalue weighted by Crippen LogP contribution is 2.38. The molecule has 3 rings (SSSR count). The van der Waals surface area contributed by atoms with Gasteiger partial charge in [0.05, 0.1) is 18.5 Å². The molecule has 0 aliphatic carbocycles. The van der Waals surface area contributed by atoms with E-state index < -0.39 is 6.36 Å². The molecule has 1 aromatic carbocycles. The molecule has 3 aromatic rings. The molecule has 0 fully saturated rings. The lowest BCUT2D eigenvalue weighted by atomic mass is 9.96. The molecule has 0 radical (unpaired) electrons. The van der Waals surface area contributed by atoms with Crippen molar-refractivity contribution in [1.29, 1.82) is 0 Å². The predicted octanol–water partition coefficient (Wildman–Crippen LogP) is 5.75. The fraction of sp³-hybridized carbons (Fsp3) is 0.429. The van der Waals surface area contributed by atoms with E-state index in [-0.39, 0.29) is 11.5 Å². The number of hydrogen-bond donors (Lipinski definition) is 0. The van der Waals surface area contributed by atoms with Crippen LogP contribution in [0.2, 0.25) is 0 Å². The maximum absolute atomic E-state index is 12.5. The normalized spacial score (nSPS) is 12.0. The molecule has 2 heterocycles. The molecular formula is C21H24F3N3O2. The van der Waals surface area contributed by atoms with Gasteiger partial charge in [0, 0.05) is 30.0 Å². The molecule has 0 bridgehead atoms. The number of pyridine rings is 1. The molecule has 5 nitrogen and oxygen atoms in total. The number of ether oxygens (including phenoxy) is 2. The van der Waals surface area contributed by atoms with E-state index in [4.69, 9.17) is 9.72 Å². The van der Waals surface area contributed by atoms with Crippen LogP contribution in [-0.4, -0.2) is 28.2 Å². The highest BCUT2D eigenvalue weighted by molar-refractivity contribution is 5.85. The van der Waals surface area contributed by atoms with Gasteiger partial charge in [0.2, 0.25) is 0 Å². The Kier molecular flexibility index (Phi) is 5.73. The first-order valence-electron chi connectivity index (χ1n) is 9.46. The second-order valence-electron chi connectivity index (χ2n) is 6.96. The van der Waals surface area contributed by atoms with E-state index in [9.17, 15) is 13.2 Å². The third-order valence-corrected chi connectivity index (χ3v) is 5.07. The predicted molar refractivity (Wildman–Crippen MR) is 105 cm³/mol. The van der Waals surface area contributed by atoms with Gasteiger partial charge in [-0.05, 0) is 43.5 Å². The van der Waals surface area contributed by atoms with Crippen molar-refractivity contribution in [2.24, 2.45) is 7.05 Å². The summed E-state index contributed by atoms with van der Waals surface area (Å²) in [6.07, 6.45) is -2.80. The first kappa shape index (κ1) is 21.0. The second kappa shape index (κ2) is 7.93. The van der Waals surface area contributed by atoms with Crippen LogP contribution in [0.25, 0.3) is 22.3 Å². The van der Waals surface area contributed by atoms with Crippen molar-refractivity contribution in [3.05, 3.63) is 35.5 Å². The summed E-state index contributed by atoms with van der Waals surface area (Å²) < 4.78 is 48.6. The number of nitrogens with zero attached hydrogens (tertiary/aromatic N) is 3. The van der Waals surface area contributed by atoms with Crippen LogP contribution in [-0.2, 0) is 7.05 Å². The molecule has 0 saturated carbocycles. The molecule has 156 valence electrons. The number of aromatic nitrogens is 3. The number of hydrogen-bond acceptors (Lipinski definition) is 4. The summed E-state index contributed by atoms with van der Waals surface area (Å²) in [5.74, 6) is 0.261. The molecule has 0 spiro atoms. The van der Waals surface area contributed by atoms with E-state index in [2.05, 4.69) is 23.7 Å². The molecule has 0 unspecified atom stereocenters. The van der Waals surface area contributed by atoms with Gasteiger partial charge in [0.15, 0.2) is 5.65 Å². The topological polar surface area (TPSA) is 49.2 Å². The van der Waals surface area contributed by atoms with Crippen LogP contribution in [0.4, 0.5) is 13.2 Å².